The van der Waals surface area contributed by atoms with Crippen molar-refractivity contribution in [2.24, 2.45) is 5.92 Å². The average Bonchev–Trinajstić information content (AvgIpc) is 1.54. The fraction of sp³-hybridized carbons (Fsp3) is 0.479. The molecule has 5 aromatic rings. The number of halogens is 11. The van der Waals surface area contributed by atoms with Crippen LogP contribution in [0, 0.1) is 17.6 Å². The molecule has 7 rings (SSSR count). The molecule has 0 saturated heterocycles. The summed E-state index contributed by atoms with van der Waals surface area (Å²) < 4.78 is 220. The number of amides is 4. The lowest BCUT2D eigenvalue weighted by Gasteiger charge is -2.28. The lowest BCUT2D eigenvalue weighted by atomic mass is 9.93. The van der Waals surface area contributed by atoms with E-state index in [0.717, 1.165) is 37.6 Å². The van der Waals surface area contributed by atoms with Crippen molar-refractivity contribution in [1.82, 2.24) is 39.7 Å². The average molecular weight is 1300 g/mol. The highest BCUT2D eigenvalue weighted by atomic mass is 35.5. The number of pyridine rings is 1. The van der Waals surface area contributed by atoms with Crippen molar-refractivity contribution >= 4 is 80.0 Å². The predicted octanol–water partition coefficient (Wildman–Crippen LogP) is 7.67. The zero-order valence-electron chi connectivity index (χ0n) is 44.9. The van der Waals surface area contributed by atoms with Crippen LogP contribution in [-0.4, -0.2) is 147 Å². The number of ether oxygens (including phenoxy) is 1. The van der Waals surface area contributed by atoms with Crippen molar-refractivity contribution in [3.8, 4) is 11.1 Å². The van der Waals surface area contributed by atoms with Gasteiger partial charge in [-0.15, -0.1) is 0 Å². The van der Waals surface area contributed by atoms with Crippen LogP contribution in [0.1, 0.15) is 79.0 Å². The SMILES string of the molecule is CN(CCN(CCC(=O)O)C(=O)OCOP(=O)(O)O)C(=O)N(c1nn(CC(F)(F)F)c2c(-c3ccc(CCC(C)(C)S(C)(=O)=O)nc3[C@H](Cc3cc(F)cc(F)c3)NC(=O)Cn3nc(C(F)(F)F)c4c3C(F)(F)C3C[C@H]43)ccc(Cl)c12)S(C)(=O)=O. The second kappa shape index (κ2) is 23.9. The maximum atomic E-state index is 15.7. The van der Waals surface area contributed by atoms with Gasteiger partial charge in [0, 0.05) is 67.3 Å². The summed E-state index contributed by atoms with van der Waals surface area (Å²) in [6, 6.07) is 3.09. The Hall–Kier alpha value is -6.65. The molecule has 1 unspecified atom stereocenters. The van der Waals surface area contributed by atoms with Crippen molar-refractivity contribution in [2.75, 3.05) is 50.3 Å². The minimum Gasteiger partial charge on any atom is -0.481 e. The number of sulfone groups is 1. The maximum absolute atomic E-state index is 15.7. The van der Waals surface area contributed by atoms with Gasteiger partial charge < -0.3 is 34.7 Å². The Labute approximate surface area is 481 Å². The number of alkyl halides is 8. The third-order valence-corrected chi connectivity index (χ3v) is 17.9. The minimum atomic E-state index is -5.26. The maximum Gasteiger partial charge on any atom is 0.472 e. The molecule has 2 aliphatic carbocycles. The Morgan fingerprint density at radius 1 is 0.929 bits per heavy atom. The van der Waals surface area contributed by atoms with Gasteiger partial charge in [0.2, 0.25) is 22.7 Å². The first-order chi connectivity index (χ1) is 39.0. The molecule has 1 saturated carbocycles. The number of carboxylic acids is 1. The lowest BCUT2D eigenvalue weighted by Crippen LogP contribution is -2.48. The molecule has 0 bridgehead atoms. The molecule has 23 nitrogen and oxygen atoms in total. The Morgan fingerprint density at radius 2 is 1.56 bits per heavy atom. The van der Waals surface area contributed by atoms with E-state index in [9.17, 15) is 80.8 Å². The van der Waals surface area contributed by atoms with Crippen LogP contribution in [0.15, 0.2) is 42.5 Å². The van der Waals surface area contributed by atoms with E-state index in [0.29, 0.717) is 22.1 Å². The molecule has 3 heterocycles. The van der Waals surface area contributed by atoms with E-state index < -0.39 is 207 Å². The third kappa shape index (κ3) is 15.1. The second-order valence-electron chi connectivity index (χ2n) is 20.6. The molecule has 2 aliphatic rings. The number of anilines is 1. The number of aliphatic carboxylic acids is 1. The number of hydrogen-bond acceptors (Lipinski definition) is 14. The quantitative estimate of drug-likeness (QED) is 0.0277. The zero-order valence-corrected chi connectivity index (χ0v) is 48.2. The van der Waals surface area contributed by atoms with Crippen LogP contribution in [0.3, 0.4) is 0 Å². The van der Waals surface area contributed by atoms with Gasteiger partial charge in [-0.2, -0.15) is 49.6 Å². The largest absolute Gasteiger partial charge is 0.481 e. The number of aryl methyl sites for hydroxylation is 1. The first-order valence-electron chi connectivity index (χ1n) is 24.8. The van der Waals surface area contributed by atoms with Crippen LogP contribution in [0.4, 0.5) is 59.3 Å². The zero-order chi connectivity index (χ0) is 63.5. The van der Waals surface area contributed by atoms with Crippen LogP contribution in [0.2, 0.25) is 5.02 Å². The van der Waals surface area contributed by atoms with Crippen molar-refractivity contribution < 1.29 is 109 Å². The van der Waals surface area contributed by atoms with Gasteiger partial charge in [0.1, 0.15) is 30.4 Å². The molecule has 0 spiro atoms. The summed E-state index contributed by atoms with van der Waals surface area (Å²) in [4.78, 5) is 76.7. The van der Waals surface area contributed by atoms with E-state index in [1.165, 1.54) is 26.0 Å². The number of nitrogens with zero attached hydrogens (tertiary/aromatic N) is 8. The fourth-order valence-corrected chi connectivity index (χ4v) is 11.3. The second-order valence-corrected chi connectivity index (χ2v) is 26.8. The van der Waals surface area contributed by atoms with Crippen LogP contribution >= 0.6 is 19.4 Å². The molecule has 3 aromatic heterocycles. The molecule has 37 heteroatoms. The van der Waals surface area contributed by atoms with Gasteiger partial charge in [0.05, 0.1) is 45.1 Å². The molecule has 466 valence electrons. The highest BCUT2D eigenvalue weighted by molar-refractivity contribution is 7.93. The van der Waals surface area contributed by atoms with Crippen LogP contribution in [0.25, 0.3) is 22.0 Å². The van der Waals surface area contributed by atoms with Gasteiger partial charge in [0.25, 0.3) is 5.92 Å². The summed E-state index contributed by atoms with van der Waals surface area (Å²) in [5.41, 5.74) is -5.93. The predicted molar refractivity (Wildman–Crippen MR) is 278 cm³/mol. The minimum absolute atomic E-state index is 0.0189. The molecule has 4 amide bonds. The lowest BCUT2D eigenvalue weighted by molar-refractivity contribution is -0.143. The van der Waals surface area contributed by atoms with Gasteiger partial charge in [-0.3, -0.25) is 23.9 Å². The summed E-state index contributed by atoms with van der Waals surface area (Å²) in [7, 11) is -13.1. The van der Waals surface area contributed by atoms with E-state index in [-0.39, 0.29) is 49.8 Å². The highest BCUT2D eigenvalue weighted by Gasteiger charge is 2.68. The number of nitrogens with one attached hydrogen (secondary N) is 1. The number of carboxylic acid groups (broad SMARTS) is 1. The summed E-state index contributed by atoms with van der Waals surface area (Å²) in [5, 5.41) is 17.7. The van der Waals surface area contributed by atoms with Crippen molar-refractivity contribution in [1.29, 1.82) is 0 Å². The highest BCUT2D eigenvalue weighted by Crippen LogP contribution is 2.68. The van der Waals surface area contributed by atoms with E-state index in [4.69, 9.17) is 21.4 Å². The number of carbonyl (C=O) groups excluding carboxylic acids is 3. The van der Waals surface area contributed by atoms with E-state index in [2.05, 4.69) is 29.8 Å². The number of phosphoric acid groups is 1. The van der Waals surface area contributed by atoms with Crippen molar-refractivity contribution in [3.63, 3.8) is 0 Å². The first kappa shape index (κ1) is 65.9. The van der Waals surface area contributed by atoms with Gasteiger partial charge in [-0.1, -0.05) is 23.7 Å². The van der Waals surface area contributed by atoms with E-state index >= 15 is 8.78 Å². The molecule has 0 aliphatic heterocycles. The molecule has 1 fully saturated rings. The first-order valence-corrected chi connectivity index (χ1v) is 30.5. The molecule has 85 heavy (non-hydrogen) atoms. The molecule has 2 aromatic carbocycles. The third-order valence-electron chi connectivity index (χ3n) is 13.9. The molecule has 3 atom stereocenters. The summed E-state index contributed by atoms with van der Waals surface area (Å²) >= 11 is 6.71. The van der Waals surface area contributed by atoms with Gasteiger partial charge >= 0.3 is 38.3 Å². The van der Waals surface area contributed by atoms with E-state index in [1.54, 1.807) is 0 Å². The van der Waals surface area contributed by atoms with Gasteiger partial charge in [-0.25, -0.2) is 44.3 Å². The number of carbonyl (C=O) groups is 4. The number of hydrogen-bond donors (Lipinski definition) is 4. The van der Waals surface area contributed by atoms with Gasteiger partial charge in [-0.05, 0) is 75.3 Å². The fourth-order valence-electron chi connectivity index (χ4n) is 9.49. The smallest absolute Gasteiger partial charge is 0.472 e. The van der Waals surface area contributed by atoms with Gasteiger partial charge in [0.15, 0.2) is 21.3 Å². The Kier molecular flexibility index (Phi) is 18.5. The molecule has 4 N–H and O–H groups in total. The molecule has 0 radical (unpaired) electrons. The number of urea groups is 1. The van der Waals surface area contributed by atoms with E-state index in [1.807, 2.05) is 0 Å². The number of sulfonamides is 1. The van der Waals surface area contributed by atoms with Crippen LogP contribution in [0.5, 0.6) is 0 Å². The van der Waals surface area contributed by atoms with Crippen molar-refractivity contribution in [3.05, 3.63) is 93.0 Å². The topological polar surface area (TPSA) is 303 Å². The number of rotatable bonds is 23. The Morgan fingerprint density at radius 3 is 2.14 bits per heavy atom. The summed E-state index contributed by atoms with van der Waals surface area (Å²) in [6.07, 6.45) is -12.8. The number of likely N-dealkylation sites (N-methyl/N-ethyl adjacent to an activating group) is 1. The van der Waals surface area contributed by atoms with Crippen LogP contribution in [-0.2, 0) is 81.3 Å². The number of fused-ring (bicyclic) bond motifs is 4. The monoisotopic (exact) mass is 1300 g/mol. The number of phosphoric ester groups is 1. The normalized spacial score (nSPS) is 16.4. The number of aromatic nitrogens is 5. The Balaban J connectivity index is 1.40. The van der Waals surface area contributed by atoms with Crippen LogP contribution < -0.4 is 9.62 Å². The standard InChI is InChI=1S/C48H51ClF10N9O14PS2/c1-45(2,84(4,77)78)12-10-27-6-7-28(38(60-27)33(18-24-16-25(50)19-26(51)17-24)61-34(69)21-66-41-36(40(62-66)48(57,58)59)30-20-31(30)47(41,55)56)29-8-9-32(49)37-39(29)67(22-46(52,53)54)63-42(37)68(85(5,79)80)43(72)64(3)14-15-65(13-11-35(70)71)44(73)81-23-82-83(74,75)76/h6-9,16-17,19,30-31,33H,10-15,18,20-23H2,1-5H3,(H,61,69)(H,70,71)(H2,74,75,76)/t30-,31?,33-/m0/s1. The van der Waals surface area contributed by atoms with Crippen molar-refractivity contribution in [2.45, 2.75) is 94.0 Å². The Bertz CT molecular complexity index is 3730. The number of benzene rings is 2. The summed E-state index contributed by atoms with van der Waals surface area (Å²) in [6.45, 7) is -4.16. The summed E-state index contributed by atoms with van der Waals surface area (Å²) in [5.74, 6) is -13.0. The molecular formula is C48H51ClF10N9O14PS2. The molecular weight excluding hydrogens is 1250 g/mol.